The fourth-order valence-electron chi connectivity index (χ4n) is 2.22. The van der Waals surface area contributed by atoms with Gasteiger partial charge in [0, 0.05) is 6.07 Å². The SMILES string of the molecule is Cc1ccc(C=C2Oc3cc(OCC(=O)O)ccc3C2=O)cc1. The minimum absolute atomic E-state index is 0.203. The fraction of sp³-hybridized carbons (Fsp3) is 0.111. The molecule has 1 heterocycles. The van der Waals surface area contributed by atoms with E-state index in [-0.39, 0.29) is 11.5 Å². The van der Waals surface area contributed by atoms with Gasteiger partial charge in [-0.2, -0.15) is 0 Å². The highest BCUT2D eigenvalue weighted by Crippen LogP contribution is 2.34. The summed E-state index contributed by atoms with van der Waals surface area (Å²) in [5, 5.41) is 8.62. The lowest BCUT2D eigenvalue weighted by atomic mass is 10.1. The average molecular weight is 310 g/mol. The maximum Gasteiger partial charge on any atom is 0.341 e. The van der Waals surface area contributed by atoms with Crippen LogP contribution in [-0.4, -0.2) is 23.5 Å². The number of fused-ring (bicyclic) bond motifs is 1. The third kappa shape index (κ3) is 3.23. The summed E-state index contributed by atoms with van der Waals surface area (Å²) in [6.45, 7) is 1.54. The van der Waals surface area contributed by atoms with Crippen molar-refractivity contribution < 1.29 is 24.2 Å². The van der Waals surface area contributed by atoms with Crippen LogP contribution in [0.25, 0.3) is 6.08 Å². The van der Waals surface area contributed by atoms with E-state index in [1.165, 1.54) is 6.07 Å². The molecule has 0 bridgehead atoms. The Kier molecular flexibility index (Phi) is 3.85. The van der Waals surface area contributed by atoms with Crippen LogP contribution in [0.1, 0.15) is 21.5 Å². The Morgan fingerprint density at radius 2 is 1.96 bits per heavy atom. The molecule has 0 radical (unpaired) electrons. The van der Waals surface area contributed by atoms with E-state index in [1.54, 1.807) is 18.2 Å². The van der Waals surface area contributed by atoms with Gasteiger partial charge in [-0.15, -0.1) is 0 Å². The Bertz CT molecular complexity index is 803. The quantitative estimate of drug-likeness (QED) is 0.879. The number of allylic oxidation sites excluding steroid dienone is 1. The lowest BCUT2D eigenvalue weighted by Crippen LogP contribution is -2.09. The van der Waals surface area contributed by atoms with Gasteiger partial charge in [0.1, 0.15) is 11.5 Å². The molecule has 0 atom stereocenters. The largest absolute Gasteiger partial charge is 0.482 e. The van der Waals surface area contributed by atoms with Gasteiger partial charge in [0.25, 0.3) is 0 Å². The minimum atomic E-state index is -1.07. The smallest absolute Gasteiger partial charge is 0.341 e. The first-order chi connectivity index (χ1) is 11.0. The molecule has 23 heavy (non-hydrogen) atoms. The molecule has 2 aromatic rings. The Morgan fingerprint density at radius 1 is 1.22 bits per heavy atom. The molecule has 5 heteroatoms. The van der Waals surface area contributed by atoms with Gasteiger partial charge in [-0.1, -0.05) is 29.8 Å². The molecule has 1 aliphatic heterocycles. The van der Waals surface area contributed by atoms with E-state index in [9.17, 15) is 9.59 Å². The molecule has 5 nitrogen and oxygen atoms in total. The van der Waals surface area contributed by atoms with Crippen molar-refractivity contribution in [3.8, 4) is 11.5 Å². The summed E-state index contributed by atoms with van der Waals surface area (Å²) in [6.07, 6.45) is 1.68. The van der Waals surface area contributed by atoms with Crippen LogP contribution in [0.5, 0.6) is 11.5 Å². The highest BCUT2D eigenvalue weighted by molar-refractivity contribution is 6.14. The van der Waals surface area contributed by atoms with Gasteiger partial charge < -0.3 is 14.6 Å². The second kappa shape index (κ2) is 5.96. The maximum absolute atomic E-state index is 12.3. The van der Waals surface area contributed by atoms with E-state index in [2.05, 4.69) is 0 Å². The predicted molar refractivity (Wildman–Crippen MR) is 83.7 cm³/mol. The van der Waals surface area contributed by atoms with Crippen molar-refractivity contribution in [2.24, 2.45) is 0 Å². The number of ether oxygens (including phenoxy) is 2. The Labute approximate surface area is 132 Å². The van der Waals surface area contributed by atoms with Crippen molar-refractivity contribution in [3.63, 3.8) is 0 Å². The van der Waals surface area contributed by atoms with Crippen LogP contribution in [0.4, 0.5) is 0 Å². The van der Waals surface area contributed by atoms with Gasteiger partial charge in [-0.3, -0.25) is 4.79 Å². The molecule has 3 rings (SSSR count). The summed E-state index contributed by atoms with van der Waals surface area (Å²) in [4.78, 5) is 22.8. The van der Waals surface area contributed by atoms with Crippen molar-refractivity contribution >= 4 is 17.8 Å². The molecular weight excluding hydrogens is 296 g/mol. The molecule has 0 saturated heterocycles. The summed E-state index contributed by atoms with van der Waals surface area (Å²) in [6, 6.07) is 12.4. The van der Waals surface area contributed by atoms with E-state index in [0.29, 0.717) is 17.1 Å². The number of aryl methyl sites for hydroxylation is 1. The normalized spacial score (nSPS) is 14.5. The van der Waals surface area contributed by atoms with Crippen molar-refractivity contribution in [2.45, 2.75) is 6.92 Å². The zero-order valence-electron chi connectivity index (χ0n) is 12.4. The molecule has 0 spiro atoms. The molecule has 0 aromatic heterocycles. The van der Waals surface area contributed by atoms with Gasteiger partial charge >= 0.3 is 5.97 Å². The number of carbonyl (C=O) groups is 2. The Morgan fingerprint density at radius 3 is 2.65 bits per heavy atom. The average Bonchev–Trinajstić information content (AvgIpc) is 2.83. The minimum Gasteiger partial charge on any atom is -0.482 e. The lowest BCUT2D eigenvalue weighted by molar-refractivity contribution is -0.139. The number of Topliss-reactive ketones (excluding diaryl/α,β-unsaturated/α-hetero) is 1. The molecule has 0 aliphatic carbocycles. The van der Waals surface area contributed by atoms with Crippen LogP contribution in [-0.2, 0) is 4.79 Å². The molecule has 0 saturated carbocycles. The fourth-order valence-corrected chi connectivity index (χ4v) is 2.22. The molecule has 2 aromatic carbocycles. The number of ketones is 1. The third-order valence-electron chi connectivity index (χ3n) is 3.38. The van der Waals surface area contributed by atoms with Crippen LogP contribution in [0, 0.1) is 6.92 Å². The highest BCUT2D eigenvalue weighted by atomic mass is 16.5. The molecule has 0 fully saturated rings. The monoisotopic (exact) mass is 310 g/mol. The topological polar surface area (TPSA) is 72.8 Å². The van der Waals surface area contributed by atoms with Crippen molar-refractivity contribution in [3.05, 3.63) is 64.9 Å². The van der Waals surface area contributed by atoms with Crippen LogP contribution >= 0.6 is 0 Å². The molecular formula is C18H14O5. The van der Waals surface area contributed by atoms with E-state index in [4.69, 9.17) is 14.6 Å². The Balaban J connectivity index is 1.83. The highest BCUT2D eigenvalue weighted by Gasteiger charge is 2.27. The second-order valence-corrected chi connectivity index (χ2v) is 5.19. The van der Waals surface area contributed by atoms with E-state index in [0.717, 1.165) is 11.1 Å². The molecule has 1 aliphatic rings. The summed E-state index contributed by atoms with van der Waals surface area (Å²) >= 11 is 0. The number of carbonyl (C=O) groups excluding carboxylic acids is 1. The molecule has 0 amide bonds. The van der Waals surface area contributed by atoms with E-state index in [1.807, 2.05) is 31.2 Å². The molecule has 0 unspecified atom stereocenters. The summed E-state index contributed by atoms with van der Waals surface area (Å²) < 4.78 is 10.7. The van der Waals surface area contributed by atoms with Crippen molar-refractivity contribution in [1.29, 1.82) is 0 Å². The molecule has 116 valence electrons. The zero-order valence-corrected chi connectivity index (χ0v) is 12.4. The van der Waals surface area contributed by atoms with Gasteiger partial charge in [0.05, 0.1) is 5.56 Å². The first-order valence-corrected chi connectivity index (χ1v) is 7.02. The van der Waals surface area contributed by atoms with Gasteiger partial charge in [0.2, 0.25) is 5.78 Å². The number of rotatable bonds is 4. The van der Waals surface area contributed by atoms with Gasteiger partial charge in [-0.25, -0.2) is 4.79 Å². The van der Waals surface area contributed by atoms with Crippen molar-refractivity contribution in [1.82, 2.24) is 0 Å². The zero-order chi connectivity index (χ0) is 16.4. The van der Waals surface area contributed by atoms with Crippen LogP contribution < -0.4 is 9.47 Å². The summed E-state index contributed by atoms with van der Waals surface area (Å²) in [5.41, 5.74) is 2.44. The first kappa shape index (κ1) is 14.8. The first-order valence-electron chi connectivity index (χ1n) is 7.02. The lowest BCUT2D eigenvalue weighted by Gasteiger charge is -2.04. The van der Waals surface area contributed by atoms with Crippen molar-refractivity contribution in [2.75, 3.05) is 6.61 Å². The predicted octanol–water partition coefficient (Wildman–Crippen LogP) is 3.07. The van der Waals surface area contributed by atoms with Crippen LogP contribution in [0.15, 0.2) is 48.2 Å². The number of aliphatic carboxylic acids is 1. The summed E-state index contributed by atoms with van der Waals surface area (Å²) in [7, 11) is 0. The number of hydrogen-bond donors (Lipinski definition) is 1. The number of carboxylic acid groups (broad SMARTS) is 1. The third-order valence-corrected chi connectivity index (χ3v) is 3.38. The van der Waals surface area contributed by atoms with Gasteiger partial charge in [0.15, 0.2) is 12.4 Å². The van der Waals surface area contributed by atoms with E-state index < -0.39 is 12.6 Å². The maximum atomic E-state index is 12.3. The summed E-state index contributed by atoms with van der Waals surface area (Å²) in [5.74, 6) is -0.321. The van der Waals surface area contributed by atoms with Crippen LogP contribution in [0.3, 0.4) is 0 Å². The standard InChI is InChI=1S/C18H14O5/c1-11-2-4-12(5-3-11)8-16-18(21)14-7-6-13(9-15(14)23-16)22-10-17(19)20/h2-9H,10H2,1H3,(H,19,20). The van der Waals surface area contributed by atoms with Gasteiger partial charge in [-0.05, 0) is 30.7 Å². The number of hydrogen-bond acceptors (Lipinski definition) is 4. The second-order valence-electron chi connectivity index (χ2n) is 5.19. The Hall–Kier alpha value is -3.08. The molecule has 1 N–H and O–H groups in total. The van der Waals surface area contributed by atoms with Crippen LogP contribution in [0.2, 0.25) is 0 Å². The number of benzene rings is 2. The van der Waals surface area contributed by atoms with E-state index >= 15 is 0 Å². The number of carboxylic acids is 1.